The molecule has 0 aliphatic carbocycles. The molecule has 1 heterocycles. The van der Waals surface area contributed by atoms with Crippen molar-refractivity contribution in [1.29, 1.82) is 0 Å². The molecule has 10 nitrogen and oxygen atoms in total. The monoisotopic (exact) mass is 380 g/mol. The second-order valence-electron chi connectivity index (χ2n) is 5.14. The van der Waals surface area contributed by atoms with Crippen molar-refractivity contribution in [1.82, 2.24) is 0 Å². The number of halogens is 1. The molecular weight excluding hydrogens is 372 g/mol. The van der Waals surface area contributed by atoms with E-state index in [4.69, 9.17) is 25.8 Å². The molecule has 0 fully saturated rings. The van der Waals surface area contributed by atoms with Crippen molar-refractivity contribution in [3.8, 4) is 11.5 Å². The number of nitro groups is 2. The van der Waals surface area contributed by atoms with Gasteiger partial charge in [0.05, 0.1) is 26.5 Å². The number of nitro benzene ring substituents is 2. The normalized spacial score (nSPS) is 11.9. The van der Waals surface area contributed by atoms with Crippen LogP contribution in [0.5, 0.6) is 11.5 Å². The molecule has 0 bridgehead atoms. The first kappa shape index (κ1) is 17.4. The van der Waals surface area contributed by atoms with E-state index in [1.807, 2.05) is 0 Å². The number of hydrogen-bond acceptors (Lipinski definition) is 8. The van der Waals surface area contributed by atoms with Crippen LogP contribution >= 0.6 is 11.6 Å². The lowest BCUT2D eigenvalue weighted by Gasteiger charge is -2.07. The molecule has 2 aromatic carbocycles. The summed E-state index contributed by atoms with van der Waals surface area (Å²) in [6.45, 7) is -0.193. The summed E-state index contributed by atoms with van der Waals surface area (Å²) in [5.74, 6) is -0.170. The second kappa shape index (κ2) is 6.84. The van der Waals surface area contributed by atoms with Crippen LogP contribution in [0.3, 0.4) is 0 Å². The summed E-state index contributed by atoms with van der Waals surface area (Å²) >= 11 is 6.02. The van der Waals surface area contributed by atoms with Crippen molar-refractivity contribution in [2.24, 2.45) is 0 Å². The Kier molecular flexibility index (Phi) is 4.59. The molecule has 0 amide bonds. The summed E-state index contributed by atoms with van der Waals surface area (Å²) in [5.41, 5.74) is -0.986. The minimum atomic E-state index is -0.953. The maximum absolute atomic E-state index is 12.1. The Balaban J connectivity index is 1.79. The van der Waals surface area contributed by atoms with E-state index in [1.54, 1.807) is 6.07 Å². The fraction of sp³-hybridized carbons (Fsp3) is 0.133. The molecule has 0 spiro atoms. The second-order valence-corrected chi connectivity index (χ2v) is 5.55. The summed E-state index contributed by atoms with van der Waals surface area (Å²) in [6, 6.07) is 5.65. The van der Waals surface area contributed by atoms with Gasteiger partial charge < -0.3 is 14.2 Å². The van der Waals surface area contributed by atoms with Gasteiger partial charge in [-0.15, -0.1) is 0 Å². The first-order valence-electron chi connectivity index (χ1n) is 7.04. The van der Waals surface area contributed by atoms with Crippen molar-refractivity contribution < 1.29 is 28.9 Å². The van der Waals surface area contributed by atoms with Gasteiger partial charge in [0.1, 0.15) is 6.61 Å². The van der Waals surface area contributed by atoms with Crippen LogP contribution in [0.4, 0.5) is 11.4 Å². The first-order chi connectivity index (χ1) is 12.3. The maximum atomic E-state index is 12.1. The van der Waals surface area contributed by atoms with Crippen LogP contribution in [0, 0.1) is 20.2 Å². The third kappa shape index (κ3) is 3.49. The largest absolute Gasteiger partial charge is 0.457 e. The Morgan fingerprint density at radius 2 is 1.73 bits per heavy atom. The summed E-state index contributed by atoms with van der Waals surface area (Å²) in [4.78, 5) is 32.2. The quantitative estimate of drug-likeness (QED) is 0.438. The summed E-state index contributed by atoms with van der Waals surface area (Å²) in [5, 5.41) is 22.0. The number of ether oxygens (including phenoxy) is 3. The van der Waals surface area contributed by atoms with Crippen molar-refractivity contribution in [2.45, 2.75) is 6.61 Å². The molecule has 0 saturated carbocycles. The van der Waals surface area contributed by atoms with Crippen LogP contribution in [0.15, 0.2) is 30.3 Å². The predicted molar refractivity (Wildman–Crippen MR) is 86.4 cm³/mol. The number of benzene rings is 2. The molecular formula is C15H9ClN2O8. The SMILES string of the molecule is O=C(OCc1cc(Cl)c2c(c1)OCO2)c1cc([N+](=O)[O-])cc([N+](=O)[O-])c1. The Morgan fingerprint density at radius 1 is 1.08 bits per heavy atom. The lowest BCUT2D eigenvalue weighted by Crippen LogP contribution is -2.07. The molecule has 0 unspecified atom stereocenters. The van der Waals surface area contributed by atoms with E-state index in [0.717, 1.165) is 18.2 Å². The highest BCUT2D eigenvalue weighted by molar-refractivity contribution is 6.32. The number of non-ortho nitro benzene ring substituents is 2. The summed E-state index contributed by atoms with van der Waals surface area (Å²) in [6.07, 6.45) is 0. The minimum Gasteiger partial charge on any atom is -0.457 e. The van der Waals surface area contributed by atoms with Crippen LogP contribution in [-0.2, 0) is 11.3 Å². The molecule has 0 radical (unpaired) electrons. The molecule has 134 valence electrons. The van der Waals surface area contributed by atoms with Crippen LogP contribution in [0.1, 0.15) is 15.9 Å². The maximum Gasteiger partial charge on any atom is 0.338 e. The van der Waals surface area contributed by atoms with E-state index in [-0.39, 0.29) is 24.0 Å². The lowest BCUT2D eigenvalue weighted by molar-refractivity contribution is -0.394. The first-order valence-corrected chi connectivity index (χ1v) is 7.42. The van der Waals surface area contributed by atoms with E-state index in [9.17, 15) is 25.0 Å². The molecule has 0 saturated heterocycles. The number of carbonyl (C=O) groups excluding carboxylic acids is 1. The number of carbonyl (C=O) groups is 1. The van der Waals surface area contributed by atoms with Crippen LogP contribution in [0.2, 0.25) is 5.02 Å². The van der Waals surface area contributed by atoms with E-state index in [2.05, 4.69) is 0 Å². The van der Waals surface area contributed by atoms with Gasteiger partial charge in [-0.3, -0.25) is 20.2 Å². The van der Waals surface area contributed by atoms with Gasteiger partial charge in [-0.2, -0.15) is 0 Å². The molecule has 2 aromatic rings. The Labute approximate surface area is 150 Å². The molecule has 1 aliphatic heterocycles. The smallest absolute Gasteiger partial charge is 0.338 e. The van der Waals surface area contributed by atoms with E-state index in [0.29, 0.717) is 17.1 Å². The van der Waals surface area contributed by atoms with E-state index in [1.165, 1.54) is 6.07 Å². The van der Waals surface area contributed by atoms with Crippen LogP contribution < -0.4 is 9.47 Å². The van der Waals surface area contributed by atoms with Gasteiger partial charge in [-0.05, 0) is 17.7 Å². The molecule has 11 heteroatoms. The Hall–Kier alpha value is -3.40. The number of rotatable bonds is 5. The zero-order chi connectivity index (χ0) is 18.8. The van der Waals surface area contributed by atoms with Crippen LogP contribution in [0.25, 0.3) is 0 Å². The molecule has 26 heavy (non-hydrogen) atoms. The predicted octanol–water partition coefficient (Wildman–Crippen LogP) is 3.24. The van der Waals surface area contributed by atoms with Crippen molar-refractivity contribution >= 4 is 28.9 Å². The highest BCUT2D eigenvalue weighted by Crippen LogP contribution is 2.40. The number of hydrogen-bond donors (Lipinski definition) is 0. The molecule has 0 aromatic heterocycles. The van der Waals surface area contributed by atoms with Crippen LogP contribution in [-0.4, -0.2) is 22.6 Å². The highest BCUT2D eigenvalue weighted by atomic mass is 35.5. The summed E-state index contributed by atoms with van der Waals surface area (Å²) in [7, 11) is 0. The average Bonchev–Trinajstić information content (AvgIpc) is 3.08. The van der Waals surface area contributed by atoms with Crippen molar-refractivity contribution in [2.75, 3.05) is 6.79 Å². The zero-order valence-corrected chi connectivity index (χ0v) is 13.6. The third-order valence-corrected chi connectivity index (χ3v) is 3.70. The summed E-state index contributed by atoms with van der Waals surface area (Å²) < 4.78 is 15.4. The fourth-order valence-electron chi connectivity index (χ4n) is 2.26. The Morgan fingerprint density at radius 3 is 2.35 bits per heavy atom. The number of fused-ring (bicyclic) bond motifs is 1. The minimum absolute atomic E-state index is 0.0235. The van der Waals surface area contributed by atoms with Crippen molar-refractivity contribution in [3.63, 3.8) is 0 Å². The van der Waals surface area contributed by atoms with Gasteiger partial charge in [0.25, 0.3) is 11.4 Å². The van der Waals surface area contributed by atoms with Gasteiger partial charge in [0.15, 0.2) is 11.5 Å². The van der Waals surface area contributed by atoms with Gasteiger partial charge in [-0.25, -0.2) is 4.79 Å². The van der Waals surface area contributed by atoms with Gasteiger partial charge in [0.2, 0.25) is 6.79 Å². The molecule has 1 aliphatic rings. The lowest BCUT2D eigenvalue weighted by atomic mass is 10.1. The Bertz CT molecular complexity index is 898. The molecule has 0 N–H and O–H groups in total. The molecule has 3 rings (SSSR count). The van der Waals surface area contributed by atoms with E-state index >= 15 is 0 Å². The average molecular weight is 381 g/mol. The fourth-order valence-corrected chi connectivity index (χ4v) is 2.55. The number of nitrogens with zero attached hydrogens (tertiary/aromatic N) is 2. The molecule has 0 atom stereocenters. The van der Waals surface area contributed by atoms with Gasteiger partial charge >= 0.3 is 5.97 Å². The number of esters is 1. The zero-order valence-electron chi connectivity index (χ0n) is 12.8. The standard InChI is InChI=1S/C15H9ClN2O8/c16-12-1-8(2-13-14(12)26-7-25-13)6-24-15(19)9-3-10(17(20)21)5-11(4-9)18(22)23/h1-5H,6-7H2. The highest BCUT2D eigenvalue weighted by Gasteiger charge is 2.22. The van der Waals surface area contributed by atoms with Gasteiger partial charge in [0, 0.05) is 12.1 Å². The topological polar surface area (TPSA) is 131 Å². The van der Waals surface area contributed by atoms with Crippen molar-refractivity contribution in [3.05, 3.63) is 66.7 Å². The third-order valence-electron chi connectivity index (χ3n) is 3.42. The van der Waals surface area contributed by atoms with Gasteiger partial charge in [-0.1, -0.05) is 11.6 Å². The van der Waals surface area contributed by atoms with E-state index < -0.39 is 27.2 Å².